The molecule has 0 aliphatic rings. The number of aryl methyl sites for hydroxylation is 3. The lowest BCUT2D eigenvalue weighted by molar-refractivity contribution is -0.394. The third-order valence-electron chi connectivity index (χ3n) is 6.38. The molecule has 0 bridgehead atoms. The largest absolute Gasteiger partial charge is 1.00 e. The molecule has 0 saturated heterocycles. The Hall–Kier alpha value is -3.41. The summed E-state index contributed by atoms with van der Waals surface area (Å²) in [6.07, 6.45) is 0.427. The van der Waals surface area contributed by atoms with Crippen LogP contribution < -0.4 is 32.9 Å². The normalized spacial score (nSPS) is 11.0. The van der Waals surface area contributed by atoms with E-state index in [0.717, 1.165) is 38.7 Å². The SMILES string of the molecule is Cc1ccccc1[P+](Cc1cc([N+](=O)[O-])cc([N+](=O)[O-])c1)(c1ccccc1C)c1ccccc1C.[Br-]. The van der Waals surface area contributed by atoms with Crippen molar-refractivity contribution in [3.8, 4) is 0 Å². The summed E-state index contributed by atoms with van der Waals surface area (Å²) in [6, 6.07) is 28.7. The number of hydrogen-bond donors (Lipinski definition) is 0. The summed E-state index contributed by atoms with van der Waals surface area (Å²) in [5, 5.41) is 26.8. The summed E-state index contributed by atoms with van der Waals surface area (Å²) in [4.78, 5) is 22.2. The Morgan fingerprint density at radius 1 is 0.611 bits per heavy atom. The fourth-order valence-electron chi connectivity index (χ4n) is 4.85. The lowest BCUT2D eigenvalue weighted by Gasteiger charge is -2.31. The summed E-state index contributed by atoms with van der Waals surface area (Å²) in [5.41, 5.74) is 3.39. The second-order valence-electron chi connectivity index (χ2n) is 8.70. The number of non-ortho nitro benzene ring substituents is 2. The highest BCUT2D eigenvalue weighted by Crippen LogP contribution is 2.60. The average molecular weight is 565 g/mol. The van der Waals surface area contributed by atoms with Gasteiger partial charge in [-0.3, -0.25) is 20.2 Å². The minimum atomic E-state index is -2.43. The highest BCUT2D eigenvalue weighted by molar-refractivity contribution is 7.95. The fraction of sp³-hybridized carbons (Fsp3) is 0.143. The van der Waals surface area contributed by atoms with Gasteiger partial charge in [0.1, 0.15) is 23.2 Å². The Labute approximate surface area is 221 Å². The van der Waals surface area contributed by atoms with Gasteiger partial charge in [-0.15, -0.1) is 0 Å². The van der Waals surface area contributed by atoms with E-state index < -0.39 is 17.1 Å². The molecule has 6 nitrogen and oxygen atoms in total. The molecule has 0 aliphatic carbocycles. The van der Waals surface area contributed by atoms with Crippen LogP contribution in [0.3, 0.4) is 0 Å². The molecule has 4 rings (SSSR count). The molecule has 0 aliphatic heterocycles. The Kier molecular flexibility index (Phi) is 8.39. The quantitative estimate of drug-likeness (QED) is 0.196. The first-order valence-corrected chi connectivity index (χ1v) is 13.2. The smallest absolute Gasteiger partial charge is 0.276 e. The molecule has 0 aromatic heterocycles. The number of nitro groups is 2. The van der Waals surface area contributed by atoms with E-state index >= 15 is 0 Å². The zero-order valence-electron chi connectivity index (χ0n) is 20.2. The summed E-state index contributed by atoms with van der Waals surface area (Å²) in [6.45, 7) is 6.24. The van der Waals surface area contributed by atoms with Crippen LogP contribution >= 0.6 is 7.26 Å². The van der Waals surface area contributed by atoms with E-state index in [9.17, 15) is 20.2 Å². The van der Waals surface area contributed by atoms with Crippen molar-refractivity contribution in [2.24, 2.45) is 0 Å². The second-order valence-corrected chi connectivity index (χ2v) is 12.1. The second kappa shape index (κ2) is 11.1. The van der Waals surface area contributed by atoms with Gasteiger partial charge in [-0.1, -0.05) is 54.6 Å². The first-order valence-electron chi connectivity index (χ1n) is 11.2. The number of halogens is 1. The van der Waals surface area contributed by atoms with Gasteiger partial charge >= 0.3 is 0 Å². The summed E-state index contributed by atoms with van der Waals surface area (Å²) in [5.74, 6) is 0. The van der Waals surface area contributed by atoms with Crippen molar-refractivity contribution >= 4 is 34.6 Å². The van der Waals surface area contributed by atoms with Crippen LogP contribution in [0.15, 0.2) is 91.0 Å². The third-order valence-corrected chi connectivity index (χ3v) is 11.2. The molecule has 0 unspecified atom stereocenters. The number of hydrogen-bond acceptors (Lipinski definition) is 4. The molecule has 36 heavy (non-hydrogen) atoms. The van der Waals surface area contributed by atoms with Crippen molar-refractivity contribution in [1.29, 1.82) is 0 Å². The van der Waals surface area contributed by atoms with E-state index in [1.807, 2.05) is 36.4 Å². The topological polar surface area (TPSA) is 86.3 Å². The van der Waals surface area contributed by atoms with E-state index in [1.54, 1.807) is 0 Å². The molecule has 0 heterocycles. The first-order chi connectivity index (χ1) is 16.7. The van der Waals surface area contributed by atoms with Crippen molar-refractivity contribution in [1.82, 2.24) is 0 Å². The Morgan fingerprint density at radius 3 is 1.25 bits per heavy atom. The van der Waals surface area contributed by atoms with E-state index in [1.165, 1.54) is 12.1 Å². The van der Waals surface area contributed by atoms with Crippen LogP contribution in [0.4, 0.5) is 11.4 Å². The van der Waals surface area contributed by atoms with Crippen LogP contribution in [0.25, 0.3) is 0 Å². The molecule has 4 aromatic rings. The van der Waals surface area contributed by atoms with Crippen molar-refractivity contribution in [3.05, 3.63) is 133 Å². The summed E-state index contributed by atoms with van der Waals surface area (Å²) < 4.78 is 0. The van der Waals surface area contributed by atoms with Crippen LogP contribution in [-0.2, 0) is 6.16 Å². The van der Waals surface area contributed by atoms with Gasteiger partial charge in [-0.05, 0) is 55.7 Å². The minimum Gasteiger partial charge on any atom is -1.00 e. The third kappa shape index (κ3) is 5.08. The van der Waals surface area contributed by atoms with Gasteiger partial charge < -0.3 is 17.0 Å². The fourth-order valence-corrected chi connectivity index (χ4v) is 9.92. The number of nitrogens with zero attached hydrogens (tertiary/aromatic N) is 2. The summed E-state index contributed by atoms with van der Waals surface area (Å²) in [7, 11) is -2.43. The monoisotopic (exact) mass is 564 g/mol. The van der Waals surface area contributed by atoms with Crippen LogP contribution in [0.1, 0.15) is 22.3 Å². The van der Waals surface area contributed by atoms with E-state index in [-0.39, 0.29) is 28.4 Å². The standard InChI is InChI=1S/C28H26N2O4P.BrH/c1-20-10-4-7-13-26(20)35(27-14-8-5-11-21(27)2,28-15-9-6-12-22(28)3)19-23-16-24(29(31)32)18-25(17-23)30(33)34;/h4-18H,19H2,1-3H3;1H/q+1;/p-1. The van der Waals surface area contributed by atoms with Crippen LogP contribution in [0.5, 0.6) is 0 Å². The summed E-state index contributed by atoms with van der Waals surface area (Å²) >= 11 is 0. The molecule has 0 atom stereocenters. The minimum absolute atomic E-state index is 0. The van der Waals surface area contributed by atoms with E-state index in [2.05, 4.69) is 57.2 Å². The molecule has 0 saturated carbocycles. The van der Waals surface area contributed by atoms with Gasteiger partial charge in [0.05, 0.1) is 22.1 Å². The molecule has 0 spiro atoms. The van der Waals surface area contributed by atoms with Gasteiger partial charge in [0.25, 0.3) is 11.4 Å². The van der Waals surface area contributed by atoms with Crippen molar-refractivity contribution < 1.29 is 26.8 Å². The van der Waals surface area contributed by atoms with Gasteiger partial charge in [0.15, 0.2) is 0 Å². The maximum atomic E-state index is 11.7. The van der Waals surface area contributed by atoms with Gasteiger partial charge in [-0.2, -0.15) is 0 Å². The van der Waals surface area contributed by atoms with E-state index in [0.29, 0.717) is 11.7 Å². The lowest BCUT2D eigenvalue weighted by atomic mass is 10.2. The van der Waals surface area contributed by atoms with Crippen molar-refractivity contribution in [2.45, 2.75) is 26.9 Å². The van der Waals surface area contributed by atoms with Crippen molar-refractivity contribution in [3.63, 3.8) is 0 Å². The Balaban J connectivity index is 0.00000361. The van der Waals surface area contributed by atoms with E-state index in [4.69, 9.17) is 0 Å². The lowest BCUT2D eigenvalue weighted by Crippen LogP contribution is -3.00. The zero-order chi connectivity index (χ0) is 25.2. The number of benzene rings is 4. The Bertz CT molecular complexity index is 1300. The number of nitro benzene ring substituents is 2. The van der Waals surface area contributed by atoms with Gasteiger partial charge in [0.2, 0.25) is 0 Å². The maximum absolute atomic E-state index is 11.7. The van der Waals surface area contributed by atoms with Crippen molar-refractivity contribution in [2.75, 3.05) is 0 Å². The predicted octanol–water partition coefficient (Wildman–Crippen LogP) is 2.93. The zero-order valence-corrected chi connectivity index (χ0v) is 22.7. The molecule has 8 heteroatoms. The number of rotatable bonds is 7. The highest BCUT2D eigenvalue weighted by atomic mass is 79.9. The predicted molar refractivity (Wildman–Crippen MR) is 143 cm³/mol. The molecular weight excluding hydrogens is 539 g/mol. The highest BCUT2D eigenvalue weighted by Gasteiger charge is 2.48. The van der Waals surface area contributed by atoms with Crippen LogP contribution in [-0.4, -0.2) is 9.85 Å². The maximum Gasteiger partial charge on any atom is 0.276 e. The average Bonchev–Trinajstić information content (AvgIpc) is 2.83. The molecule has 4 aromatic carbocycles. The van der Waals surface area contributed by atoms with Crippen LogP contribution in [0, 0.1) is 41.0 Å². The van der Waals surface area contributed by atoms with Gasteiger partial charge in [0, 0.05) is 17.7 Å². The molecule has 0 fully saturated rings. The molecule has 0 N–H and O–H groups in total. The molecule has 0 amide bonds. The molecule has 0 radical (unpaired) electrons. The Morgan fingerprint density at radius 2 is 0.944 bits per heavy atom. The van der Waals surface area contributed by atoms with Crippen LogP contribution in [0.2, 0.25) is 0 Å². The molecular formula is C28H26BrN2O4P. The molecule has 184 valence electrons. The van der Waals surface area contributed by atoms with Gasteiger partial charge in [-0.25, -0.2) is 0 Å². The first kappa shape index (κ1) is 27.2.